The molecular formula is C14H21N3O4. The maximum absolute atomic E-state index is 12.4. The number of aliphatic hydroxyl groups is 1. The molecule has 0 fully saturated rings. The zero-order valence-electron chi connectivity index (χ0n) is 12.3. The summed E-state index contributed by atoms with van der Waals surface area (Å²) in [6.07, 6.45) is 0.820. The van der Waals surface area contributed by atoms with Gasteiger partial charge in [-0.25, -0.2) is 0 Å². The largest absolute Gasteiger partial charge is 0.395 e. The van der Waals surface area contributed by atoms with E-state index in [9.17, 15) is 14.9 Å². The van der Waals surface area contributed by atoms with Crippen LogP contribution in [0.2, 0.25) is 0 Å². The van der Waals surface area contributed by atoms with Crippen molar-refractivity contribution in [3.63, 3.8) is 0 Å². The lowest BCUT2D eigenvalue weighted by atomic mass is 10.1. The number of anilines is 1. The maximum Gasteiger partial charge on any atom is 0.305 e. The highest BCUT2D eigenvalue weighted by atomic mass is 16.6. The molecule has 1 aromatic carbocycles. The smallest absolute Gasteiger partial charge is 0.305 e. The molecular weight excluding hydrogens is 274 g/mol. The van der Waals surface area contributed by atoms with E-state index in [4.69, 9.17) is 5.11 Å². The molecule has 0 saturated heterocycles. The van der Waals surface area contributed by atoms with Crippen molar-refractivity contribution in [2.45, 2.75) is 20.3 Å². The van der Waals surface area contributed by atoms with E-state index in [1.165, 1.54) is 11.0 Å². The van der Waals surface area contributed by atoms with Crippen LogP contribution in [0.5, 0.6) is 0 Å². The van der Waals surface area contributed by atoms with Gasteiger partial charge < -0.3 is 15.3 Å². The van der Waals surface area contributed by atoms with E-state index in [-0.39, 0.29) is 24.4 Å². The first-order valence-corrected chi connectivity index (χ1v) is 6.98. The van der Waals surface area contributed by atoms with Gasteiger partial charge in [0, 0.05) is 19.6 Å². The van der Waals surface area contributed by atoms with Crippen LogP contribution in [-0.2, 0) is 0 Å². The van der Waals surface area contributed by atoms with Crippen LogP contribution in [0.1, 0.15) is 30.6 Å². The van der Waals surface area contributed by atoms with E-state index in [2.05, 4.69) is 5.32 Å². The molecule has 2 N–H and O–H groups in total. The second kappa shape index (κ2) is 8.21. The molecule has 0 aromatic heterocycles. The van der Waals surface area contributed by atoms with Crippen molar-refractivity contribution in [2.75, 3.05) is 31.6 Å². The van der Waals surface area contributed by atoms with Crippen LogP contribution in [-0.4, -0.2) is 47.1 Å². The molecule has 0 aliphatic heterocycles. The Morgan fingerprint density at radius 1 is 1.43 bits per heavy atom. The Kier molecular flexibility index (Phi) is 6.61. The molecule has 21 heavy (non-hydrogen) atoms. The Balaban J connectivity index is 3.21. The van der Waals surface area contributed by atoms with Crippen LogP contribution in [0.15, 0.2) is 18.2 Å². The Morgan fingerprint density at radius 2 is 2.14 bits per heavy atom. The van der Waals surface area contributed by atoms with Crippen molar-refractivity contribution in [1.82, 2.24) is 4.90 Å². The highest BCUT2D eigenvalue weighted by Crippen LogP contribution is 2.29. The number of nitro groups is 1. The number of aliphatic hydroxyl groups excluding tert-OH is 1. The topological polar surface area (TPSA) is 95.7 Å². The minimum absolute atomic E-state index is 0.0383. The average Bonchev–Trinajstić information content (AvgIpc) is 2.49. The first-order valence-electron chi connectivity index (χ1n) is 6.98. The number of likely N-dealkylation sites (N-methyl/N-ethyl adjacent to an activating group) is 1. The molecule has 0 unspecified atom stereocenters. The summed E-state index contributed by atoms with van der Waals surface area (Å²) in [4.78, 5) is 24.6. The summed E-state index contributed by atoms with van der Waals surface area (Å²) >= 11 is 0. The van der Waals surface area contributed by atoms with Gasteiger partial charge in [-0.15, -0.1) is 0 Å². The van der Waals surface area contributed by atoms with Gasteiger partial charge in [0.2, 0.25) is 0 Å². The molecule has 0 saturated carbocycles. The first-order chi connectivity index (χ1) is 10.1. The number of nitrogens with zero attached hydrogens (tertiary/aromatic N) is 2. The van der Waals surface area contributed by atoms with Gasteiger partial charge in [0.1, 0.15) is 11.3 Å². The standard InChI is InChI=1S/C14H21N3O4/c1-3-8-15-12-7-5-6-11(13(12)17(20)21)14(19)16(4-2)9-10-18/h5-7,15,18H,3-4,8-10H2,1-2H3. The van der Waals surface area contributed by atoms with E-state index < -0.39 is 10.8 Å². The van der Waals surface area contributed by atoms with E-state index in [0.29, 0.717) is 18.8 Å². The van der Waals surface area contributed by atoms with Crippen molar-refractivity contribution >= 4 is 17.3 Å². The summed E-state index contributed by atoms with van der Waals surface area (Å²) in [5.74, 6) is -0.446. The van der Waals surface area contributed by atoms with E-state index >= 15 is 0 Å². The van der Waals surface area contributed by atoms with Gasteiger partial charge in [0.05, 0.1) is 11.5 Å². The van der Waals surface area contributed by atoms with Crippen molar-refractivity contribution in [3.05, 3.63) is 33.9 Å². The Hall–Kier alpha value is -2.15. The minimum Gasteiger partial charge on any atom is -0.395 e. The lowest BCUT2D eigenvalue weighted by Crippen LogP contribution is -2.33. The number of hydrogen-bond donors (Lipinski definition) is 2. The molecule has 1 amide bonds. The summed E-state index contributed by atoms with van der Waals surface area (Å²) in [6.45, 7) is 4.66. The van der Waals surface area contributed by atoms with E-state index in [0.717, 1.165) is 6.42 Å². The van der Waals surface area contributed by atoms with Crippen molar-refractivity contribution < 1.29 is 14.8 Å². The second-order valence-corrected chi connectivity index (χ2v) is 4.49. The minimum atomic E-state index is -0.544. The van der Waals surface area contributed by atoms with E-state index in [1.54, 1.807) is 19.1 Å². The summed E-state index contributed by atoms with van der Waals surface area (Å²) in [6, 6.07) is 4.65. The van der Waals surface area contributed by atoms with Crippen molar-refractivity contribution in [3.8, 4) is 0 Å². The second-order valence-electron chi connectivity index (χ2n) is 4.49. The molecule has 1 aromatic rings. The third-order valence-electron chi connectivity index (χ3n) is 3.05. The molecule has 0 atom stereocenters. The van der Waals surface area contributed by atoms with Gasteiger partial charge >= 0.3 is 5.69 Å². The van der Waals surface area contributed by atoms with Gasteiger partial charge in [-0.2, -0.15) is 0 Å². The van der Waals surface area contributed by atoms with Gasteiger partial charge in [-0.05, 0) is 25.5 Å². The fourth-order valence-electron chi connectivity index (χ4n) is 2.01. The normalized spacial score (nSPS) is 10.2. The van der Waals surface area contributed by atoms with Crippen molar-refractivity contribution in [1.29, 1.82) is 0 Å². The molecule has 0 aliphatic carbocycles. The Bertz CT molecular complexity index is 505. The third-order valence-corrected chi connectivity index (χ3v) is 3.05. The highest BCUT2D eigenvalue weighted by molar-refractivity contribution is 6.00. The molecule has 0 bridgehead atoms. The molecule has 0 aliphatic rings. The number of hydrogen-bond acceptors (Lipinski definition) is 5. The zero-order valence-corrected chi connectivity index (χ0v) is 12.3. The number of rotatable bonds is 8. The average molecular weight is 295 g/mol. The third kappa shape index (κ3) is 4.16. The molecule has 7 nitrogen and oxygen atoms in total. The molecule has 1 rings (SSSR count). The lowest BCUT2D eigenvalue weighted by molar-refractivity contribution is -0.384. The van der Waals surface area contributed by atoms with Gasteiger partial charge in [0.15, 0.2) is 0 Å². The summed E-state index contributed by atoms with van der Waals surface area (Å²) < 4.78 is 0. The Labute approximate surface area is 123 Å². The van der Waals surface area contributed by atoms with Crippen LogP contribution in [0.3, 0.4) is 0 Å². The van der Waals surface area contributed by atoms with E-state index in [1.807, 2.05) is 6.92 Å². The molecule has 0 radical (unpaired) electrons. The predicted molar refractivity (Wildman–Crippen MR) is 80.5 cm³/mol. The molecule has 116 valence electrons. The van der Waals surface area contributed by atoms with Gasteiger partial charge in [0.25, 0.3) is 5.91 Å². The van der Waals surface area contributed by atoms with Crippen LogP contribution >= 0.6 is 0 Å². The molecule has 0 heterocycles. The van der Waals surface area contributed by atoms with Crippen LogP contribution in [0.4, 0.5) is 11.4 Å². The Morgan fingerprint density at radius 3 is 2.67 bits per heavy atom. The predicted octanol–water partition coefficient (Wildman–Crippen LogP) is 1.87. The van der Waals surface area contributed by atoms with Crippen LogP contribution in [0, 0.1) is 10.1 Å². The lowest BCUT2D eigenvalue weighted by Gasteiger charge is -2.20. The fourth-order valence-corrected chi connectivity index (χ4v) is 2.01. The molecule has 0 spiro atoms. The van der Waals surface area contributed by atoms with Crippen LogP contribution in [0.25, 0.3) is 0 Å². The number of amides is 1. The number of nitrogens with one attached hydrogen (secondary N) is 1. The monoisotopic (exact) mass is 295 g/mol. The number of para-hydroxylation sites is 1. The van der Waals surface area contributed by atoms with Crippen molar-refractivity contribution in [2.24, 2.45) is 0 Å². The number of carbonyl (C=O) groups excluding carboxylic acids is 1. The summed E-state index contributed by atoms with van der Waals surface area (Å²) in [5.41, 5.74) is 0.163. The number of nitro benzene ring substituents is 1. The first kappa shape index (κ1) is 16.9. The maximum atomic E-state index is 12.4. The van der Waals surface area contributed by atoms with Crippen LogP contribution < -0.4 is 5.32 Å². The highest BCUT2D eigenvalue weighted by Gasteiger charge is 2.26. The SMILES string of the molecule is CCCNc1cccc(C(=O)N(CC)CCO)c1[N+](=O)[O-]. The summed E-state index contributed by atoms with van der Waals surface area (Å²) in [7, 11) is 0. The quantitative estimate of drug-likeness (QED) is 0.564. The molecule has 7 heteroatoms. The number of carbonyl (C=O) groups is 1. The number of benzene rings is 1. The zero-order chi connectivity index (χ0) is 15.8. The van der Waals surface area contributed by atoms with Gasteiger partial charge in [-0.1, -0.05) is 13.0 Å². The fraction of sp³-hybridized carbons (Fsp3) is 0.500. The van der Waals surface area contributed by atoms with Gasteiger partial charge in [-0.3, -0.25) is 14.9 Å². The summed E-state index contributed by atoms with van der Waals surface area (Å²) in [5, 5.41) is 23.3.